The van der Waals surface area contributed by atoms with Crippen molar-refractivity contribution >= 4 is 28.9 Å². The molecule has 0 radical (unpaired) electrons. The lowest BCUT2D eigenvalue weighted by atomic mass is 10.1. The van der Waals surface area contributed by atoms with Crippen molar-refractivity contribution in [3.63, 3.8) is 0 Å². The largest absolute Gasteiger partial charge is 0.504 e. The summed E-state index contributed by atoms with van der Waals surface area (Å²) < 4.78 is 44.7. The average Bonchev–Trinajstić information content (AvgIpc) is 3.42. The number of aromatic hydroxyl groups is 1. The summed E-state index contributed by atoms with van der Waals surface area (Å²) in [5.74, 6) is -1.20. The van der Waals surface area contributed by atoms with Crippen LogP contribution in [0.5, 0.6) is 5.75 Å². The summed E-state index contributed by atoms with van der Waals surface area (Å²) in [5.41, 5.74) is 2.26. The van der Waals surface area contributed by atoms with Gasteiger partial charge in [-0.25, -0.2) is 5.43 Å². The lowest BCUT2D eigenvalue weighted by Crippen LogP contribution is -2.26. The molecule has 13 heteroatoms. The van der Waals surface area contributed by atoms with E-state index in [9.17, 15) is 27.9 Å². The zero-order valence-corrected chi connectivity index (χ0v) is 19.8. The molecule has 0 aliphatic heterocycles. The van der Waals surface area contributed by atoms with Crippen LogP contribution in [0.4, 0.5) is 13.2 Å². The van der Waals surface area contributed by atoms with Gasteiger partial charge in [0.15, 0.2) is 11.4 Å². The minimum Gasteiger partial charge on any atom is -0.504 e. The van der Waals surface area contributed by atoms with E-state index < -0.39 is 17.6 Å². The molecule has 2 amide bonds. The average molecular weight is 510 g/mol. The Balaban J connectivity index is 1.73. The van der Waals surface area contributed by atoms with Crippen molar-refractivity contribution in [2.24, 2.45) is 12.1 Å². The third kappa shape index (κ3) is 6.05. The summed E-state index contributed by atoms with van der Waals surface area (Å²) in [4.78, 5) is 25.1. The van der Waals surface area contributed by atoms with E-state index in [1.807, 2.05) is 0 Å². The normalized spacial score (nSPS) is 12.0. The molecule has 9 nitrogen and oxygen atoms in total. The molecule has 0 fully saturated rings. The van der Waals surface area contributed by atoms with Crippen LogP contribution in [0.15, 0.2) is 41.5 Å². The molecule has 0 atom stereocenters. The third-order valence-corrected chi connectivity index (χ3v) is 5.90. The summed E-state index contributed by atoms with van der Waals surface area (Å²) in [7, 11) is 3.04. The number of carbonyl (C=O) groups is 2. The number of thiophene rings is 1. The fourth-order valence-electron chi connectivity index (χ4n) is 3.08. The summed E-state index contributed by atoms with van der Waals surface area (Å²) in [6.07, 6.45) is -4.48. The number of aryl methyl sites for hydroxylation is 1. The van der Waals surface area contributed by atoms with E-state index >= 15 is 0 Å². The van der Waals surface area contributed by atoms with Gasteiger partial charge < -0.3 is 15.2 Å². The lowest BCUT2D eigenvalue weighted by Gasteiger charge is -2.08. The highest BCUT2D eigenvalue weighted by atomic mass is 32.1. The molecule has 1 aromatic carbocycles. The number of hydrogen-bond acceptors (Lipinski definition) is 7. The summed E-state index contributed by atoms with van der Waals surface area (Å²) >= 11 is 0.981. The van der Waals surface area contributed by atoms with E-state index in [4.69, 9.17) is 4.74 Å². The van der Waals surface area contributed by atoms with E-state index in [-0.39, 0.29) is 33.6 Å². The Bertz CT molecular complexity index is 1250. The number of amides is 2. The number of nitrogens with zero attached hydrogens (tertiary/aromatic N) is 3. The van der Waals surface area contributed by atoms with Crippen molar-refractivity contribution < 1.29 is 32.6 Å². The SMILES string of the molecule is COCCNC(=O)c1ccc(C(=O)NN=C(C)c2nn(C)c(-c3ccc(C(F)(F)F)cc3)c2O)s1. The first-order chi connectivity index (χ1) is 16.5. The Kier molecular flexibility index (Phi) is 7.92. The number of rotatable bonds is 8. The van der Waals surface area contributed by atoms with Crippen LogP contribution in [0.1, 0.15) is 37.5 Å². The van der Waals surface area contributed by atoms with Crippen molar-refractivity contribution in [3.05, 3.63) is 57.4 Å². The molecule has 0 aliphatic carbocycles. The third-order valence-electron chi connectivity index (χ3n) is 4.82. The smallest absolute Gasteiger partial charge is 0.416 e. The molecular weight excluding hydrogens is 487 g/mol. The molecule has 3 rings (SSSR count). The van der Waals surface area contributed by atoms with E-state index in [1.54, 1.807) is 0 Å². The van der Waals surface area contributed by atoms with Crippen LogP contribution in [-0.4, -0.2) is 52.7 Å². The molecule has 35 heavy (non-hydrogen) atoms. The number of hydrogen-bond donors (Lipinski definition) is 3. The maximum absolute atomic E-state index is 12.8. The van der Waals surface area contributed by atoms with Gasteiger partial charge in [-0.15, -0.1) is 11.3 Å². The molecule has 2 aromatic heterocycles. The van der Waals surface area contributed by atoms with Crippen molar-refractivity contribution in [3.8, 4) is 17.0 Å². The molecule has 0 saturated heterocycles. The summed E-state index contributed by atoms with van der Waals surface area (Å²) in [6, 6.07) is 7.29. The maximum atomic E-state index is 12.8. The molecular formula is C22H22F3N5O4S. The monoisotopic (exact) mass is 509 g/mol. The predicted molar refractivity (Wildman–Crippen MR) is 124 cm³/mol. The minimum absolute atomic E-state index is 0.0482. The van der Waals surface area contributed by atoms with E-state index in [2.05, 4.69) is 20.9 Å². The Hall–Kier alpha value is -3.71. The van der Waals surface area contributed by atoms with Gasteiger partial charge >= 0.3 is 6.18 Å². The molecule has 0 spiro atoms. The van der Waals surface area contributed by atoms with Gasteiger partial charge in [-0.3, -0.25) is 14.3 Å². The standard InChI is InChI=1S/C22H22F3N5O4S/c1-12(27-28-21(33)16-9-8-15(35-16)20(32)26-10-11-34-3)17-19(31)18(30(2)29-17)13-4-6-14(7-5-13)22(23,24)25/h4-9,31H,10-11H2,1-3H3,(H,26,32)(H,28,33). The highest BCUT2D eigenvalue weighted by Gasteiger charge is 2.30. The second-order valence-corrected chi connectivity index (χ2v) is 8.38. The van der Waals surface area contributed by atoms with Crippen LogP contribution >= 0.6 is 11.3 Å². The van der Waals surface area contributed by atoms with Crippen LogP contribution in [0.2, 0.25) is 0 Å². The van der Waals surface area contributed by atoms with Gasteiger partial charge in [0.05, 0.1) is 27.6 Å². The van der Waals surface area contributed by atoms with E-state index in [0.29, 0.717) is 23.6 Å². The van der Waals surface area contributed by atoms with E-state index in [0.717, 1.165) is 23.5 Å². The van der Waals surface area contributed by atoms with Gasteiger partial charge in [-0.1, -0.05) is 12.1 Å². The fraction of sp³-hybridized carbons (Fsp3) is 0.273. The topological polar surface area (TPSA) is 118 Å². The van der Waals surface area contributed by atoms with Gasteiger partial charge in [0, 0.05) is 26.3 Å². The summed E-state index contributed by atoms with van der Waals surface area (Å²) in [5, 5.41) is 21.4. The first-order valence-electron chi connectivity index (χ1n) is 10.2. The number of ether oxygens (including phenoxy) is 1. The molecule has 2 heterocycles. The number of benzene rings is 1. The number of hydrazone groups is 1. The fourth-order valence-corrected chi connectivity index (χ4v) is 3.89. The number of nitrogens with one attached hydrogen (secondary N) is 2. The van der Waals surface area contributed by atoms with Crippen molar-refractivity contribution in [1.29, 1.82) is 0 Å². The van der Waals surface area contributed by atoms with Crippen molar-refractivity contribution in [2.45, 2.75) is 13.1 Å². The zero-order chi connectivity index (χ0) is 25.8. The van der Waals surface area contributed by atoms with Crippen LogP contribution in [0.3, 0.4) is 0 Å². The van der Waals surface area contributed by atoms with Gasteiger partial charge in [0.2, 0.25) is 0 Å². The summed E-state index contributed by atoms with van der Waals surface area (Å²) in [6.45, 7) is 2.20. The van der Waals surface area contributed by atoms with Gasteiger partial charge in [0.25, 0.3) is 11.8 Å². The first kappa shape index (κ1) is 25.9. The van der Waals surface area contributed by atoms with E-state index in [1.165, 1.54) is 50.0 Å². The molecule has 0 saturated carbocycles. The predicted octanol–water partition coefficient (Wildman–Crippen LogP) is 3.40. The molecule has 3 N–H and O–H groups in total. The highest BCUT2D eigenvalue weighted by Crippen LogP contribution is 2.35. The second-order valence-electron chi connectivity index (χ2n) is 7.30. The zero-order valence-electron chi connectivity index (χ0n) is 18.9. The second kappa shape index (κ2) is 10.7. The molecule has 0 unspecified atom stereocenters. The number of aromatic nitrogens is 2. The number of alkyl halides is 3. The Morgan fingerprint density at radius 1 is 1.14 bits per heavy atom. The number of methoxy groups -OCH3 is 1. The Labute approximate surface area is 202 Å². The maximum Gasteiger partial charge on any atom is 0.416 e. The molecule has 0 bridgehead atoms. The van der Waals surface area contributed by atoms with Crippen LogP contribution in [0, 0.1) is 0 Å². The quantitative estimate of drug-likeness (QED) is 0.244. The van der Waals surface area contributed by atoms with Gasteiger partial charge in [0.1, 0.15) is 5.69 Å². The van der Waals surface area contributed by atoms with Crippen molar-refractivity contribution in [1.82, 2.24) is 20.5 Å². The van der Waals surface area contributed by atoms with Crippen molar-refractivity contribution in [2.75, 3.05) is 20.3 Å². The molecule has 0 aliphatic rings. The highest BCUT2D eigenvalue weighted by molar-refractivity contribution is 7.15. The molecule has 3 aromatic rings. The molecule has 186 valence electrons. The number of carbonyl (C=O) groups excluding carboxylic acids is 2. The van der Waals surface area contributed by atoms with Crippen LogP contribution < -0.4 is 10.7 Å². The van der Waals surface area contributed by atoms with Gasteiger partial charge in [-0.2, -0.15) is 23.4 Å². The van der Waals surface area contributed by atoms with Crippen LogP contribution in [0.25, 0.3) is 11.3 Å². The Morgan fingerprint density at radius 2 is 1.77 bits per heavy atom. The first-order valence-corrected chi connectivity index (χ1v) is 11.0. The minimum atomic E-state index is -4.48. The Morgan fingerprint density at radius 3 is 2.37 bits per heavy atom. The number of halogens is 3. The lowest BCUT2D eigenvalue weighted by molar-refractivity contribution is -0.137. The van der Waals surface area contributed by atoms with Gasteiger partial charge in [-0.05, 0) is 31.2 Å². The van der Waals surface area contributed by atoms with Crippen LogP contribution in [-0.2, 0) is 18.0 Å².